The molecule has 0 aliphatic heterocycles. The lowest BCUT2D eigenvalue weighted by Gasteiger charge is -2.36. The molecule has 1 saturated carbocycles. The van der Waals surface area contributed by atoms with Crippen molar-refractivity contribution in [1.82, 2.24) is 0 Å². The Kier molecular flexibility index (Phi) is 6.41. The van der Waals surface area contributed by atoms with Crippen LogP contribution in [0, 0.1) is 17.8 Å². The fourth-order valence-electron chi connectivity index (χ4n) is 3.09. The average Bonchev–Trinajstić information content (AvgIpc) is 2.35. The molecule has 0 bridgehead atoms. The number of hydrogen-bond donors (Lipinski definition) is 2. The SMILES string of the molecule is CC1/C=C/C(S)CCCC/C=C/C1C(S)C1CCC1. The van der Waals surface area contributed by atoms with Gasteiger partial charge in [0.25, 0.3) is 0 Å². The van der Waals surface area contributed by atoms with Gasteiger partial charge >= 0.3 is 0 Å². The van der Waals surface area contributed by atoms with Gasteiger partial charge < -0.3 is 0 Å². The van der Waals surface area contributed by atoms with Gasteiger partial charge in [0.15, 0.2) is 0 Å². The molecule has 0 amide bonds. The van der Waals surface area contributed by atoms with E-state index in [1.54, 1.807) is 0 Å². The molecule has 2 rings (SSSR count). The van der Waals surface area contributed by atoms with E-state index >= 15 is 0 Å². The molecule has 0 saturated heterocycles. The number of hydrogen-bond acceptors (Lipinski definition) is 2. The smallest absolute Gasteiger partial charge is 0.0196 e. The average molecular weight is 297 g/mol. The molecule has 19 heavy (non-hydrogen) atoms. The van der Waals surface area contributed by atoms with Crippen LogP contribution in [0.2, 0.25) is 0 Å². The molecule has 2 heteroatoms. The fraction of sp³-hybridized carbons (Fsp3) is 0.765. The Hall–Kier alpha value is 0.180. The van der Waals surface area contributed by atoms with E-state index in [-0.39, 0.29) is 0 Å². The third-order valence-corrected chi connectivity index (χ3v) is 5.95. The van der Waals surface area contributed by atoms with Gasteiger partial charge in [-0.1, -0.05) is 44.1 Å². The van der Waals surface area contributed by atoms with E-state index in [2.05, 4.69) is 43.9 Å². The van der Waals surface area contributed by atoms with Crippen LogP contribution in [0.15, 0.2) is 24.3 Å². The molecular weight excluding hydrogens is 268 g/mol. The van der Waals surface area contributed by atoms with Crippen molar-refractivity contribution in [3.63, 3.8) is 0 Å². The molecule has 0 aromatic rings. The van der Waals surface area contributed by atoms with Crippen LogP contribution in [0.4, 0.5) is 0 Å². The van der Waals surface area contributed by atoms with Gasteiger partial charge in [0.2, 0.25) is 0 Å². The van der Waals surface area contributed by atoms with Crippen molar-refractivity contribution in [2.45, 2.75) is 62.4 Å². The molecule has 0 nitrogen and oxygen atoms in total. The Morgan fingerprint density at radius 3 is 2.47 bits per heavy atom. The summed E-state index contributed by atoms with van der Waals surface area (Å²) >= 11 is 9.61. The van der Waals surface area contributed by atoms with E-state index in [1.165, 1.54) is 44.9 Å². The van der Waals surface area contributed by atoms with Crippen LogP contribution in [0.1, 0.15) is 51.9 Å². The third kappa shape index (κ3) is 4.60. The molecule has 0 N–H and O–H groups in total. The van der Waals surface area contributed by atoms with Crippen molar-refractivity contribution >= 4 is 25.3 Å². The lowest BCUT2D eigenvalue weighted by Crippen LogP contribution is -2.31. The molecule has 0 aromatic carbocycles. The summed E-state index contributed by atoms with van der Waals surface area (Å²) in [6.07, 6.45) is 18.7. The molecule has 0 heterocycles. The van der Waals surface area contributed by atoms with E-state index in [9.17, 15) is 0 Å². The summed E-state index contributed by atoms with van der Waals surface area (Å²) in [5.74, 6) is 2.00. The van der Waals surface area contributed by atoms with Crippen molar-refractivity contribution in [2.75, 3.05) is 0 Å². The van der Waals surface area contributed by atoms with Crippen LogP contribution < -0.4 is 0 Å². The molecule has 0 spiro atoms. The molecule has 108 valence electrons. The lowest BCUT2D eigenvalue weighted by molar-refractivity contribution is 0.262. The number of allylic oxidation sites excluding steroid dienone is 3. The molecule has 0 aromatic heterocycles. The maximum atomic E-state index is 4.95. The standard InChI is InChI=1S/C17H28S2/c1-13-11-12-15(18)9-4-2-3-5-10-16(13)17(19)14-7-6-8-14/h5,10-19H,2-4,6-9H2,1H3/b10-5+,12-11+. The fourth-order valence-corrected chi connectivity index (χ4v) is 4.04. The first-order valence-corrected chi connectivity index (χ1v) is 8.93. The highest BCUT2D eigenvalue weighted by atomic mass is 32.1. The van der Waals surface area contributed by atoms with Gasteiger partial charge in [0, 0.05) is 10.5 Å². The maximum absolute atomic E-state index is 4.95. The maximum Gasteiger partial charge on any atom is 0.0196 e. The molecule has 4 unspecified atom stereocenters. The van der Waals surface area contributed by atoms with Gasteiger partial charge in [-0.25, -0.2) is 0 Å². The molecule has 2 aliphatic rings. The minimum absolute atomic E-state index is 0.434. The highest BCUT2D eigenvalue weighted by molar-refractivity contribution is 7.81. The largest absolute Gasteiger partial charge is 0.175 e. The van der Waals surface area contributed by atoms with Crippen LogP contribution in [0.3, 0.4) is 0 Å². The minimum Gasteiger partial charge on any atom is -0.175 e. The number of thiol groups is 2. The van der Waals surface area contributed by atoms with Gasteiger partial charge in [0.05, 0.1) is 0 Å². The normalized spacial score (nSPS) is 38.8. The molecule has 1 fully saturated rings. The van der Waals surface area contributed by atoms with Gasteiger partial charge in [-0.3, -0.25) is 0 Å². The molecule has 0 radical (unpaired) electrons. The first-order chi connectivity index (χ1) is 9.18. The van der Waals surface area contributed by atoms with Crippen molar-refractivity contribution in [3.8, 4) is 0 Å². The van der Waals surface area contributed by atoms with Crippen molar-refractivity contribution in [2.24, 2.45) is 17.8 Å². The van der Waals surface area contributed by atoms with Crippen LogP contribution in [-0.4, -0.2) is 10.5 Å². The topological polar surface area (TPSA) is 0 Å². The predicted molar refractivity (Wildman–Crippen MR) is 92.3 cm³/mol. The van der Waals surface area contributed by atoms with E-state index in [4.69, 9.17) is 12.6 Å². The summed E-state index contributed by atoms with van der Waals surface area (Å²) < 4.78 is 0. The first kappa shape index (κ1) is 15.6. The predicted octanol–water partition coefficient (Wildman–Crippen LogP) is 5.32. The third-order valence-electron chi connectivity index (χ3n) is 4.75. The highest BCUT2D eigenvalue weighted by Gasteiger charge is 2.31. The zero-order chi connectivity index (χ0) is 13.7. The first-order valence-electron chi connectivity index (χ1n) is 7.89. The van der Waals surface area contributed by atoms with Crippen LogP contribution in [0.25, 0.3) is 0 Å². The minimum atomic E-state index is 0.434. The Morgan fingerprint density at radius 2 is 1.79 bits per heavy atom. The molecular formula is C17H28S2. The van der Waals surface area contributed by atoms with Crippen LogP contribution in [0.5, 0.6) is 0 Å². The summed E-state index contributed by atoms with van der Waals surface area (Å²) in [7, 11) is 0. The summed E-state index contributed by atoms with van der Waals surface area (Å²) in [5, 5.41) is 0.965. The quantitative estimate of drug-likeness (QED) is 0.500. The lowest BCUT2D eigenvalue weighted by atomic mass is 9.75. The second kappa shape index (κ2) is 7.83. The summed E-state index contributed by atoms with van der Waals surface area (Å²) in [5.41, 5.74) is 0. The van der Waals surface area contributed by atoms with E-state index < -0.39 is 0 Å². The van der Waals surface area contributed by atoms with Gasteiger partial charge in [-0.15, -0.1) is 0 Å². The summed E-state index contributed by atoms with van der Waals surface area (Å²) in [6.45, 7) is 2.34. The second-order valence-corrected chi connectivity index (χ2v) is 7.54. The van der Waals surface area contributed by atoms with Gasteiger partial charge in [-0.05, 0) is 49.9 Å². The van der Waals surface area contributed by atoms with Gasteiger partial charge in [-0.2, -0.15) is 25.3 Å². The number of rotatable bonds is 2. The van der Waals surface area contributed by atoms with E-state index in [0.717, 1.165) is 5.92 Å². The molecule has 4 atom stereocenters. The van der Waals surface area contributed by atoms with Crippen molar-refractivity contribution < 1.29 is 0 Å². The van der Waals surface area contributed by atoms with Crippen molar-refractivity contribution in [3.05, 3.63) is 24.3 Å². The van der Waals surface area contributed by atoms with Crippen LogP contribution in [-0.2, 0) is 0 Å². The second-order valence-electron chi connectivity index (χ2n) is 6.28. The Balaban J connectivity index is 2.06. The van der Waals surface area contributed by atoms with Crippen LogP contribution >= 0.6 is 25.3 Å². The summed E-state index contributed by atoms with van der Waals surface area (Å²) in [4.78, 5) is 0. The monoisotopic (exact) mass is 296 g/mol. The van der Waals surface area contributed by atoms with E-state index in [1.807, 2.05) is 0 Å². The van der Waals surface area contributed by atoms with Gasteiger partial charge in [0.1, 0.15) is 0 Å². The molecule has 2 aliphatic carbocycles. The van der Waals surface area contributed by atoms with Crippen molar-refractivity contribution in [1.29, 1.82) is 0 Å². The Labute approximate surface area is 129 Å². The van der Waals surface area contributed by atoms with E-state index in [0.29, 0.717) is 22.3 Å². The zero-order valence-electron chi connectivity index (χ0n) is 12.0. The Bertz CT molecular complexity index is 317. The summed E-state index contributed by atoms with van der Waals surface area (Å²) in [6, 6.07) is 0. The highest BCUT2D eigenvalue weighted by Crippen LogP contribution is 2.39. The Morgan fingerprint density at radius 1 is 1.00 bits per heavy atom. The zero-order valence-corrected chi connectivity index (χ0v) is 13.8.